The topological polar surface area (TPSA) is 46.5 Å². The van der Waals surface area contributed by atoms with Gasteiger partial charge < -0.3 is 9.84 Å². The van der Waals surface area contributed by atoms with E-state index in [-0.39, 0.29) is 0 Å². The number of hydrogen-bond donors (Lipinski definition) is 1. The maximum atomic E-state index is 10.6. The van der Waals surface area contributed by atoms with E-state index in [9.17, 15) is 4.79 Å². The van der Waals surface area contributed by atoms with Crippen LogP contribution in [0.5, 0.6) is 5.75 Å². The SMILES string of the molecule is O=C(O)C=Cc1cccc(OCc2cccc3ccccc23)c1. The van der Waals surface area contributed by atoms with E-state index in [1.165, 1.54) is 10.8 Å². The van der Waals surface area contributed by atoms with Gasteiger partial charge in [-0.3, -0.25) is 0 Å². The average molecular weight is 304 g/mol. The van der Waals surface area contributed by atoms with Crippen LogP contribution < -0.4 is 4.74 Å². The van der Waals surface area contributed by atoms with Gasteiger partial charge in [-0.2, -0.15) is 0 Å². The van der Waals surface area contributed by atoms with Crippen molar-refractivity contribution < 1.29 is 14.6 Å². The number of hydrogen-bond acceptors (Lipinski definition) is 2. The number of fused-ring (bicyclic) bond motifs is 1. The highest BCUT2D eigenvalue weighted by Gasteiger charge is 2.02. The molecule has 0 amide bonds. The lowest BCUT2D eigenvalue weighted by atomic mass is 10.1. The van der Waals surface area contributed by atoms with Crippen LogP contribution in [0, 0.1) is 0 Å². The van der Waals surface area contributed by atoms with Crippen LogP contribution in [0.25, 0.3) is 16.8 Å². The molecular formula is C20H16O3. The minimum Gasteiger partial charge on any atom is -0.489 e. The van der Waals surface area contributed by atoms with Gasteiger partial charge in [0.1, 0.15) is 12.4 Å². The summed E-state index contributed by atoms with van der Waals surface area (Å²) < 4.78 is 5.87. The molecule has 3 rings (SSSR count). The molecule has 0 aromatic heterocycles. The van der Waals surface area contributed by atoms with Crippen molar-refractivity contribution in [2.75, 3.05) is 0 Å². The minimum atomic E-state index is -0.966. The quantitative estimate of drug-likeness (QED) is 0.705. The molecule has 23 heavy (non-hydrogen) atoms. The summed E-state index contributed by atoms with van der Waals surface area (Å²) in [5, 5.41) is 11.0. The average Bonchev–Trinajstić information content (AvgIpc) is 2.58. The Hall–Kier alpha value is -3.07. The molecule has 3 aromatic carbocycles. The summed E-state index contributed by atoms with van der Waals surface area (Å²) in [5.74, 6) is -0.252. The van der Waals surface area contributed by atoms with Crippen molar-refractivity contribution in [3.05, 3.63) is 83.9 Å². The number of rotatable bonds is 5. The molecule has 0 radical (unpaired) electrons. The van der Waals surface area contributed by atoms with E-state index in [2.05, 4.69) is 24.3 Å². The third kappa shape index (κ3) is 3.77. The molecule has 0 saturated heterocycles. The number of carbonyl (C=O) groups is 1. The van der Waals surface area contributed by atoms with Crippen molar-refractivity contribution in [3.63, 3.8) is 0 Å². The van der Waals surface area contributed by atoms with Crippen molar-refractivity contribution in [2.45, 2.75) is 6.61 Å². The minimum absolute atomic E-state index is 0.466. The van der Waals surface area contributed by atoms with Crippen molar-refractivity contribution in [1.29, 1.82) is 0 Å². The number of benzene rings is 3. The van der Waals surface area contributed by atoms with Gasteiger partial charge in [-0.1, -0.05) is 54.6 Å². The predicted octanol–water partition coefficient (Wildman–Crippen LogP) is 4.52. The van der Waals surface area contributed by atoms with E-state index < -0.39 is 5.97 Å². The van der Waals surface area contributed by atoms with E-state index in [0.29, 0.717) is 12.4 Å². The Kier molecular flexibility index (Phi) is 4.39. The second-order valence-electron chi connectivity index (χ2n) is 5.17. The first kappa shape index (κ1) is 14.9. The number of aliphatic carboxylic acids is 1. The zero-order valence-electron chi connectivity index (χ0n) is 12.5. The van der Waals surface area contributed by atoms with E-state index in [1.54, 1.807) is 6.08 Å². The maximum Gasteiger partial charge on any atom is 0.328 e. The van der Waals surface area contributed by atoms with Gasteiger partial charge in [0.05, 0.1) is 0 Å². The van der Waals surface area contributed by atoms with Crippen LogP contribution in [0.4, 0.5) is 0 Å². The molecule has 0 aliphatic heterocycles. The fourth-order valence-corrected chi connectivity index (χ4v) is 2.45. The van der Waals surface area contributed by atoms with Crippen LogP contribution in [-0.4, -0.2) is 11.1 Å². The third-order valence-electron chi connectivity index (χ3n) is 3.55. The summed E-state index contributed by atoms with van der Waals surface area (Å²) in [7, 11) is 0. The monoisotopic (exact) mass is 304 g/mol. The van der Waals surface area contributed by atoms with Gasteiger partial charge in [0.15, 0.2) is 0 Å². The molecule has 0 spiro atoms. The molecule has 0 atom stereocenters. The molecule has 3 aromatic rings. The first-order chi connectivity index (χ1) is 11.2. The van der Waals surface area contributed by atoms with E-state index in [4.69, 9.17) is 9.84 Å². The van der Waals surface area contributed by atoms with Crippen molar-refractivity contribution >= 4 is 22.8 Å². The molecule has 3 nitrogen and oxygen atoms in total. The number of ether oxygens (including phenoxy) is 1. The molecule has 0 fully saturated rings. The summed E-state index contributed by atoms with van der Waals surface area (Å²) in [6.07, 6.45) is 2.66. The highest BCUT2D eigenvalue weighted by atomic mass is 16.5. The molecule has 0 bridgehead atoms. The first-order valence-corrected chi connectivity index (χ1v) is 7.33. The standard InChI is InChI=1S/C20H16O3/c21-20(22)12-11-15-5-3-9-18(13-15)23-14-17-8-4-7-16-6-1-2-10-19(16)17/h1-13H,14H2,(H,21,22). The lowest BCUT2D eigenvalue weighted by Crippen LogP contribution is -1.96. The van der Waals surface area contributed by atoms with Crippen LogP contribution in [0.15, 0.2) is 72.8 Å². The normalized spacial score (nSPS) is 11.0. The van der Waals surface area contributed by atoms with Gasteiger partial charge in [-0.15, -0.1) is 0 Å². The lowest BCUT2D eigenvalue weighted by Gasteiger charge is -2.09. The third-order valence-corrected chi connectivity index (χ3v) is 3.55. The maximum absolute atomic E-state index is 10.6. The van der Waals surface area contributed by atoms with Crippen molar-refractivity contribution in [2.24, 2.45) is 0 Å². The Morgan fingerprint density at radius 1 is 1.00 bits per heavy atom. The fraction of sp³-hybridized carbons (Fsp3) is 0.0500. The predicted molar refractivity (Wildman–Crippen MR) is 91.4 cm³/mol. The summed E-state index contributed by atoms with van der Waals surface area (Å²) in [6.45, 7) is 0.466. The summed E-state index contributed by atoms with van der Waals surface area (Å²) in [6, 6.07) is 21.7. The molecule has 0 saturated carbocycles. The fourth-order valence-electron chi connectivity index (χ4n) is 2.45. The van der Waals surface area contributed by atoms with E-state index in [0.717, 1.165) is 17.2 Å². The highest BCUT2D eigenvalue weighted by Crippen LogP contribution is 2.21. The molecule has 0 aliphatic carbocycles. The molecule has 0 heterocycles. The molecule has 1 N–H and O–H groups in total. The van der Waals surface area contributed by atoms with Crippen LogP contribution in [-0.2, 0) is 11.4 Å². The summed E-state index contributed by atoms with van der Waals surface area (Å²) >= 11 is 0. The van der Waals surface area contributed by atoms with Gasteiger partial charge in [-0.05, 0) is 40.1 Å². The summed E-state index contributed by atoms with van der Waals surface area (Å²) in [5.41, 5.74) is 1.91. The molecular weight excluding hydrogens is 288 g/mol. The van der Waals surface area contributed by atoms with Crippen LogP contribution >= 0.6 is 0 Å². The second kappa shape index (κ2) is 6.79. The van der Waals surface area contributed by atoms with Gasteiger partial charge in [-0.25, -0.2) is 4.79 Å². The Morgan fingerprint density at radius 3 is 2.65 bits per heavy atom. The van der Waals surface area contributed by atoms with Gasteiger partial charge >= 0.3 is 5.97 Å². The molecule has 114 valence electrons. The number of carboxylic acid groups (broad SMARTS) is 1. The molecule has 0 unspecified atom stereocenters. The molecule has 0 aliphatic rings. The van der Waals surface area contributed by atoms with Crippen LogP contribution in [0.1, 0.15) is 11.1 Å². The van der Waals surface area contributed by atoms with E-state index in [1.807, 2.05) is 42.5 Å². The smallest absolute Gasteiger partial charge is 0.328 e. The van der Waals surface area contributed by atoms with Crippen molar-refractivity contribution in [3.8, 4) is 5.75 Å². The van der Waals surface area contributed by atoms with Gasteiger partial charge in [0.25, 0.3) is 0 Å². The first-order valence-electron chi connectivity index (χ1n) is 7.33. The number of carboxylic acids is 1. The Morgan fingerprint density at radius 2 is 1.78 bits per heavy atom. The van der Waals surface area contributed by atoms with Crippen molar-refractivity contribution in [1.82, 2.24) is 0 Å². The zero-order chi connectivity index (χ0) is 16.1. The van der Waals surface area contributed by atoms with E-state index >= 15 is 0 Å². The summed E-state index contributed by atoms with van der Waals surface area (Å²) in [4.78, 5) is 10.6. The van der Waals surface area contributed by atoms with Crippen LogP contribution in [0.2, 0.25) is 0 Å². The Bertz CT molecular complexity index is 860. The van der Waals surface area contributed by atoms with Gasteiger partial charge in [0.2, 0.25) is 0 Å². The highest BCUT2D eigenvalue weighted by molar-refractivity contribution is 5.86. The molecule has 3 heteroatoms. The zero-order valence-corrected chi connectivity index (χ0v) is 12.5. The second-order valence-corrected chi connectivity index (χ2v) is 5.17. The lowest BCUT2D eigenvalue weighted by molar-refractivity contribution is -0.131. The Balaban J connectivity index is 1.77. The Labute approximate surface area is 134 Å². The largest absolute Gasteiger partial charge is 0.489 e. The van der Waals surface area contributed by atoms with Gasteiger partial charge in [0, 0.05) is 6.08 Å². The van der Waals surface area contributed by atoms with Crippen LogP contribution in [0.3, 0.4) is 0 Å².